The first kappa shape index (κ1) is 11.9. The van der Waals surface area contributed by atoms with Gasteiger partial charge in [0.25, 0.3) is 0 Å². The van der Waals surface area contributed by atoms with Crippen LogP contribution in [0.1, 0.15) is 6.92 Å². The lowest BCUT2D eigenvalue weighted by Crippen LogP contribution is -2.10. The normalized spacial score (nSPS) is 7.90. The van der Waals surface area contributed by atoms with Crippen molar-refractivity contribution in [2.45, 2.75) is 6.92 Å². The van der Waals surface area contributed by atoms with E-state index in [4.69, 9.17) is 14.2 Å². The van der Waals surface area contributed by atoms with Gasteiger partial charge in [0.1, 0.15) is 0 Å². The van der Waals surface area contributed by atoms with Gasteiger partial charge in [-0.3, -0.25) is 4.79 Å². The molecule has 0 aliphatic heterocycles. The van der Waals surface area contributed by atoms with Gasteiger partial charge in [-0.25, -0.2) is 13.6 Å². The largest absolute Gasteiger partial charge is 0.366 e. The molecule has 0 aliphatic rings. The van der Waals surface area contributed by atoms with Crippen molar-refractivity contribution in [1.82, 2.24) is 0 Å². The number of rotatable bonds is 1. The summed E-state index contributed by atoms with van der Waals surface area (Å²) in [6.07, 6.45) is 0. The molecule has 0 saturated carbocycles. The molecule has 0 aromatic heterocycles. The molecule has 0 spiro atoms. The Labute approximate surface area is 60.8 Å². The fourth-order valence-corrected chi connectivity index (χ4v) is 0. The first-order valence-corrected chi connectivity index (χ1v) is 3.47. The van der Waals surface area contributed by atoms with Crippen LogP contribution in [0.25, 0.3) is 0 Å². The molecule has 0 rings (SSSR count). The highest BCUT2D eigenvalue weighted by Gasteiger charge is 1.86. The monoisotopic (exact) mass is 166 g/mol. The highest BCUT2D eigenvalue weighted by atomic mass is 32.2. The van der Waals surface area contributed by atoms with Gasteiger partial charge in [-0.1, -0.05) is 6.58 Å². The van der Waals surface area contributed by atoms with Crippen molar-refractivity contribution in [3.05, 3.63) is 12.2 Å². The van der Waals surface area contributed by atoms with Gasteiger partial charge in [-0.05, 0) is 6.92 Å². The molecule has 0 bridgehead atoms. The fourth-order valence-electron chi connectivity index (χ4n) is 0. The molecule has 1 amide bonds. The molecule has 10 heavy (non-hydrogen) atoms. The van der Waals surface area contributed by atoms with Gasteiger partial charge >= 0.3 is 0 Å². The van der Waals surface area contributed by atoms with E-state index >= 15 is 0 Å². The van der Waals surface area contributed by atoms with E-state index in [1.807, 2.05) is 0 Å². The maximum absolute atomic E-state index is 9.82. The number of thiol groups is 1. The molecule has 5 nitrogen and oxygen atoms in total. The van der Waals surface area contributed by atoms with E-state index in [-0.39, 0.29) is 0 Å². The van der Waals surface area contributed by atoms with Crippen molar-refractivity contribution in [1.29, 1.82) is 0 Å². The Balaban J connectivity index is 0. The standard InChI is InChI=1S/C4H7NO.H3NO2S/c1-3(2)4(5)6;1-4(2)3/h1H2,2H3,(H2,5,6);4H,(H2,1,2,3). The van der Waals surface area contributed by atoms with Crippen molar-refractivity contribution < 1.29 is 13.2 Å². The number of carbonyl (C=O) groups excluding carboxylic acids is 1. The van der Waals surface area contributed by atoms with Crippen LogP contribution in [-0.4, -0.2) is 14.3 Å². The van der Waals surface area contributed by atoms with E-state index < -0.39 is 16.8 Å². The minimum Gasteiger partial charge on any atom is -0.366 e. The van der Waals surface area contributed by atoms with Crippen LogP contribution in [0, 0.1) is 0 Å². The molecular weight excluding hydrogens is 156 g/mol. The van der Waals surface area contributed by atoms with Crippen molar-refractivity contribution in [3.63, 3.8) is 0 Å². The quantitative estimate of drug-likeness (QED) is 0.327. The lowest BCUT2D eigenvalue weighted by molar-refractivity contribution is -0.114. The molecule has 0 saturated heterocycles. The second kappa shape index (κ2) is 6.24. The van der Waals surface area contributed by atoms with Crippen molar-refractivity contribution in [3.8, 4) is 0 Å². The molecule has 0 atom stereocenters. The van der Waals surface area contributed by atoms with Gasteiger partial charge in [-0.15, -0.1) is 0 Å². The molecule has 0 radical (unpaired) electrons. The summed E-state index contributed by atoms with van der Waals surface area (Å²) in [6.45, 7) is 4.85. The van der Waals surface area contributed by atoms with Crippen molar-refractivity contribution in [2.24, 2.45) is 10.9 Å². The van der Waals surface area contributed by atoms with Crippen LogP contribution in [0.3, 0.4) is 0 Å². The first-order chi connectivity index (χ1) is 4.37. The van der Waals surface area contributed by atoms with Crippen LogP contribution in [0.15, 0.2) is 12.2 Å². The average Bonchev–Trinajstić information content (AvgIpc) is 1.63. The third-order valence-electron chi connectivity index (χ3n) is 0.421. The number of hydrogen-bond acceptors (Lipinski definition) is 3. The summed E-state index contributed by atoms with van der Waals surface area (Å²) in [6, 6.07) is 0. The zero-order valence-corrected chi connectivity index (χ0v) is 6.43. The predicted molar refractivity (Wildman–Crippen MR) is 38.5 cm³/mol. The van der Waals surface area contributed by atoms with E-state index in [0.29, 0.717) is 5.57 Å². The number of hydrogen-bond donors (Lipinski definition) is 3. The molecule has 0 aromatic carbocycles. The predicted octanol–water partition coefficient (Wildman–Crippen LogP) is -1.48. The SMILES string of the molecule is C=C(C)C(N)=O.N[SH](=O)=O. The lowest BCUT2D eigenvalue weighted by atomic mass is 10.3. The number of primary amides is 1. The van der Waals surface area contributed by atoms with E-state index in [1.165, 1.54) is 0 Å². The highest BCUT2D eigenvalue weighted by molar-refractivity contribution is 7.69. The van der Waals surface area contributed by atoms with Crippen LogP contribution < -0.4 is 10.9 Å². The smallest absolute Gasteiger partial charge is 0.243 e. The second-order valence-electron chi connectivity index (χ2n) is 1.43. The van der Waals surface area contributed by atoms with Gasteiger partial charge in [-0.2, -0.15) is 0 Å². The van der Waals surface area contributed by atoms with Crippen molar-refractivity contribution >= 4 is 16.8 Å². The molecule has 0 fully saturated rings. The summed E-state index contributed by atoms with van der Waals surface area (Å²) >= 11 is 0. The zero-order valence-electron chi connectivity index (χ0n) is 5.53. The molecular formula is C4H10N2O3S. The third-order valence-corrected chi connectivity index (χ3v) is 0.421. The number of carbonyl (C=O) groups is 1. The molecule has 0 aromatic rings. The minimum atomic E-state index is -2.62. The van der Waals surface area contributed by atoms with Gasteiger partial charge < -0.3 is 5.73 Å². The summed E-state index contributed by atoms with van der Waals surface area (Å²) in [7, 11) is -2.62. The van der Waals surface area contributed by atoms with Crippen LogP contribution >= 0.6 is 0 Å². The van der Waals surface area contributed by atoms with Gasteiger partial charge in [0.15, 0.2) is 10.9 Å². The summed E-state index contributed by atoms with van der Waals surface area (Å²) in [4.78, 5) is 9.82. The first-order valence-electron chi connectivity index (χ1n) is 2.22. The van der Waals surface area contributed by atoms with Crippen LogP contribution in [0.2, 0.25) is 0 Å². The Morgan fingerprint density at radius 1 is 1.50 bits per heavy atom. The van der Waals surface area contributed by atoms with Crippen LogP contribution in [0.4, 0.5) is 0 Å². The topological polar surface area (TPSA) is 103 Å². The number of amides is 1. The van der Waals surface area contributed by atoms with Crippen molar-refractivity contribution in [2.75, 3.05) is 0 Å². The fraction of sp³-hybridized carbons (Fsp3) is 0.250. The van der Waals surface area contributed by atoms with E-state index in [2.05, 4.69) is 11.7 Å². The Bertz CT molecular complexity index is 177. The van der Waals surface area contributed by atoms with E-state index in [9.17, 15) is 4.79 Å². The van der Waals surface area contributed by atoms with E-state index in [0.717, 1.165) is 0 Å². The molecule has 60 valence electrons. The Kier molecular flexibility index (Phi) is 7.41. The van der Waals surface area contributed by atoms with Crippen LogP contribution in [0.5, 0.6) is 0 Å². The van der Waals surface area contributed by atoms with Gasteiger partial charge in [0.2, 0.25) is 5.91 Å². The molecule has 0 unspecified atom stereocenters. The maximum Gasteiger partial charge on any atom is 0.243 e. The van der Waals surface area contributed by atoms with E-state index in [1.54, 1.807) is 6.92 Å². The minimum absolute atomic E-state index is 0.398. The summed E-state index contributed by atoms with van der Waals surface area (Å²) in [5.74, 6) is -0.435. The Morgan fingerprint density at radius 2 is 1.60 bits per heavy atom. The van der Waals surface area contributed by atoms with Gasteiger partial charge in [0.05, 0.1) is 0 Å². The maximum atomic E-state index is 9.82. The second-order valence-corrected chi connectivity index (χ2v) is 2.00. The molecule has 4 N–H and O–H groups in total. The molecule has 6 heteroatoms. The Morgan fingerprint density at radius 3 is 1.60 bits per heavy atom. The summed E-state index contributed by atoms with van der Waals surface area (Å²) < 4.78 is 17.6. The third kappa shape index (κ3) is 27.4. The molecule has 0 heterocycles. The summed E-state index contributed by atoms with van der Waals surface area (Å²) in [5.41, 5.74) is 5.09. The molecule has 0 aliphatic carbocycles. The van der Waals surface area contributed by atoms with Crippen LogP contribution in [-0.2, 0) is 15.7 Å². The number of nitrogens with two attached hydrogens (primary N) is 2. The Hall–Kier alpha value is -0.880. The van der Waals surface area contributed by atoms with Gasteiger partial charge in [0, 0.05) is 5.57 Å². The lowest BCUT2D eigenvalue weighted by Gasteiger charge is -1.81. The summed E-state index contributed by atoms with van der Waals surface area (Å²) in [5, 5.41) is 4.06. The highest BCUT2D eigenvalue weighted by Crippen LogP contribution is 1.78. The zero-order chi connectivity index (χ0) is 8.73. The average molecular weight is 166 g/mol.